The van der Waals surface area contributed by atoms with Crippen LogP contribution in [0.5, 0.6) is 0 Å². The number of rotatable bonds is 2. The van der Waals surface area contributed by atoms with Crippen molar-refractivity contribution in [2.75, 3.05) is 0 Å². The molecule has 0 heteroatoms. The molecule has 0 aromatic rings. The van der Waals surface area contributed by atoms with Gasteiger partial charge >= 0.3 is 0 Å². The third kappa shape index (κ3) is 2.23. The Bertz CT molecular complexity index is 239. The molecule has 64 valence electrons. The summed E-state index contributed by atoms with van der Waals surface area (Å²) in [6.45, 7) is 5.87. The SMILES string of the molecule is C=CC1=C(/C=C\C)CCCC=C1. The highest BCUT2D eigenvalue weighted by atomic mass is 14.1. The van der Waals surface area contributed by atoms with Crippen LogP contribution < -0.4 is 0 Å². The van der Waals surface area contributed by atoms with Crippen LogP contribution in [-0.2, 0) is 0 Å². The van der Waals surface area contributed by atoms with Crippen LogP contribution in [0.15, 0.2) is 48.1 Å². The van der Waals surface area contributed by atoms with Crippen molar-refractivity contribution in [3.05, 3.63) is 48.1 Å². The van der Waals surface area contributed by atoms with E-state index in [9.17, 15) is 0 Å². The number of hydrogen-bond donors (Lipinski definition) is 0. The van der Waals surface area contributed by atoms with E-state index in [-0.39, 0.29) is 0 Å². The molecule has 0 nitrogen and oxygen atoms in total. The summed E-state index contributed by atoms with van der Waals surface area (Å²) in [6, 6.07) is 0. The smallest absolute Gasteiger partial charge is 0.0234 e. The summed E-state index contributed by atoms with van der Waals surface area (Å²) >= 11 is 0. The van der Waals surface area contributed by atoms with Gasteiger partial charge in [0.05, 0.1) is 0 Å². The lowest BCUT2D eigenvalue weighted by Gasteiger charge is -2.01. The largest absolute Gasteiger partial charge is 0.0985 e. The molecule has 12 heavy (non-hydrogen) atoms. The number of allylic oxidation sites excluding steroid dienone is 7. The lowest BCUT2D eigenvalue weighted by molar-refractivity contribution is 0.853. The molecule has 0 aromatic heterocycles. The Morgan fingerprint density at radius 2 is 2.33 bits per heavy atom. The average molecular weight is 160 g/mol. The van der Waals surface area contributed by atoms with E-state index in [1.807, 2.05) is 6.08 Å². The van der Waals surface area contributed by atoms with Crippen molar-refractivity contribution >= 4 is 0 Å². The van der Waals surface area contributed by atoms with Gasteiger partial charge in [-0.2, -0.15) is 0 Å². The Hall–Kier alpha value is -1.04. The first kappa shape index (κ1) is 9.05. The summed E-state index contributed by atoms with van der Waals surface area (Å²) in [5.74, 6) is 0. The summed E-state index contributed by atoms with van der Waals surface area (Å²) in [7, 11) is 0. The summed E-state index contributed by atoms with van der Waals surface area (Å²) < 4.78 is 0. The molecule has 0 saturated heterocycles. The average Bonchev–Trinajstić information content (AvgIpc) is 2.30. The molecule has 0 bridgehead atoms. The number of hydrogen-bond acceptors (Lipinski definition) is 0. The lowest BCUT2D eigenvalue weighted by atomic mass is 10.0. The van der Waals surface area contributed by atoms with E-state index in [4.69, 9.17) is 0 Å². The molecular weight excluding hydrogens is 144 g/mol. The zero-order chi connectivity index (χ0) is 8.81. The normalized spacial score (nSPS) is 18.4. The molecule has 0 fully saturated rings. The van der Waals surface area contributed by atoms with E-state index in [1.54, 1.807) is 0 Å². The second-order valence-electron chi connectivity index (χ2n) is 2.98. The van der Waals surface area contributed by atoms with E-state index in [1.165, 1.54) is 30.4 Å². The molecule has 0 heterocycles. The van der Waals surface area contributed by atoms with Crippen LogP contribution in [-0.4, -0.2) is 0 Å². The molecule has 1 aliphatic carbocycles. The summed E-state index contributed by atoms with van der Waals surface area (Å²) in [4.78, 5) is 0. The van der Waals surface area contributed by atoms with Crippen LogP contribution in [0.25, 0.3) is 0 Å². The van der Waals surface area contributed by atoms with Crippen LogP contribution in [0.3, 0.4) is 0 Å². The van der Waals surface area contributed by atoms with E-state index >= 15 is 0 Å². The van der Waals surface area contributed by atoms with Crippen molar-refractivity contribution in [1.82, 2.24) is 0 Å². The van der Waals surface area contributed by atoms with Gasteiger partial charge in [0.25, 0.3) is 0 Å². The zero-order valence-corrected chi connectivity index (χ0v) is 7.72. The third-order valence-corrected chi connectivity index (χ3v) is 2.07. The van der Waals surface area contributed by atoms with Crippen molar-refractivity contribution in [2.45, 2.75) is 26.2 Å². The molecular formula is C12H16. The first-order valence-electron chi connectivity index (χ1n) is 4.53. The third-order valence-electron chi connectivity index (χ3n) is 2.07. The van der Waals surface area contributed by atoms with Gasteiger partial charge < -0.3 is 0 Å². The van der Waals surface area contributed by atoms with Crippen molar-refractivity contribution in [2.24, 2.45) is 0 Å². The summed E-state index contributed by atoms with van der Waals surface area (Å²) in [5, 5.41) is 0. The highest BCUT2D eigenvalue weighted by Gasteiger charge is 2.00. The van der Waals surface area contributed by atoms with Crippen LogP contribution in [0, 0.1) is 0 Å². The van der Waals surface area contributed by atoms with Crippen molar-refractivity contribution in [3.63, 3.8) is 0 Å². The van der Waals surface area contributed by atoms with Gasteiger partial charge in [-0.1, -0.05) is 37.0 Å². The minimum Gasteiger partial charge on any atom is -0.0985 e. The molecule has 1 aliphatic rings. The molecule has 0 aliphatic heterocycles. The fourth-order valence-corrected chi connectivity index (χ4v) is 1.45. The van der Waals surface area contributed by atoms with Gasteiger partial charge in [-0.15, -0.1) is 0 Å². The Morgan fingerprint density at radius 3 is 3.00 bits per heavy atom. The Morgan fingerprint density at radius 1 is 1.50 bits per heavy atom. The summed E-state index contributed by atoms with van der Waals surface area (Å²) in [5.41, 5.74) is 2.70. The van der Waals surface area contributed by atoms with Gasteiger partial charge in [0.2, 0.25) is 0 Å². The maximum Gasteiger partial charge on any atom is -0.0234 e. The fraction of sp³-hybridized carbons (Fsp3) is 0.333. The van der Waals surface area contributed by atoms with Crippen LogP contribution in [0.2, 0.25) is 0 Å². The Balaban J connectivity index is 2.92. The minimum absolute atomic E-state index is 1.18. The molecule has 0 atom stereocenters. The van der Waals surface area contributed by atoms with Crippen molar-refractivity contribution in [3.8, 4) is 0 Å². The highest BCUT2D eigenvalue weighted by Crippen LogP contribution is 2.20. The molecule has 0 amide bonds. The molecule has 1 rings (SSSR count). The van der Waals surface area contributed by atoms with Gasteiger partial charge in [-0.25, -0.2) is 0 Å². The van der Waals surface area contributed by atoms with Crippen LogP contribution in [0.4, 0.5) is 0 Å². The molecule has 0 aromatic carbocycles. The standard InChI is InChI=1S/C12H16/c1-3-8-12-10-7-5-6-9-11(12)4-2/h3-4,6,8-9H,2,5,7,10H2,1H3/b8-3-. The molecule has 0 saturated carbocycles. The fourth-order valence-electron chi connectivity index (χ4n) is 1.45. The second kappa shape index (κ2) is 4.76. The van der Waals surface area contributed by atoms with E-state index in [0.717, 1.165) is 0 Å². The maximum atomic E-state index is 3.82. The molecule has 0 unspecified atom stereocenters. The zero-order valence-electron chi connectivity index (χ0n) is 7.72. The van der Waals surface area contributed by atoms with Gasteiger partial charge in [-0.3, -0.25) is 0 Å². The Kier molecular flexibility index (Phi) is 3.59. The van der Waals surface area contributed by atoms with Gasteiger partial charge in [-0.05, 0) is 37.3 Å². The maximum absolute atomic E-state index is 3.82. The topological polar surface area (TPSA) is 0 Å². The molecule has 0 spiro atoms. The van der Waals surface area contributed by atoms with E-state index < -0.39 is 0 Å². The van der Waals surface area contributed by atoms with Crippen LogP contribution in [0.1, 0.15) is 26.2 Å². The predicted octanol–water partition coefficient (Wildman–Crippen LogP) is 3.79. The van der Waals surface area contributed by atoms with Crippen LogP contribution >= 0.6 is 0 Å². The van der Waals surface area contributed by atoms with Gasteiger partial charge in [0.1, 0.15) is 0 Å². The van der Waals surface area contributed by atoms with Crippen molar-refractivity contribution in [1.29, 1.82) is 0 Å². The second-order valence-corrected chi connectivity index (χ2v) is 2.98. The molecule has 0 radical (unpaired) electrons. The monoisotopic (exact) mass is 160 g/mol. The quantitative estimate of drug-likeness (QED) is 0.576. The lowest BCUT2D eigenvalue weighted by Crippen LogP contribution is -1.81. The molecule has 0 N–H and O–H groups in total. The van der Waals surface area contributed by atoms with E-state index in [0.29, 0.717) is 0 Å². The Labute approximate surface area is 75.0 Å². The van der Waals surface area contributed by atoms with Gasteiger partial charge in [0.15, 0.2) is 0 Å². The first-order chi connectivity index (χ1) is 5.88. The highest BCUT2D eigenvalue weighted by molar-refractivity contribution is 5.40. The summed E-state index contributed by atoms with van der Waals surface area (Å²) in [6.07, 6.45) is 14.3. The first-order valence-corrected chi connectivity index (χ1v) is 4.53. The predicted molar refractivity (Wildman–Crippen MR) is 55.0 cm³/mol. The minimum atomic E-state index is 1.18. The van der Waals surface area contributed by atoms with Gasteiger partial charge in [0, 0.05) is 0 Å². The van der Waals surface area contributed by atoms with E-state index in [2.05, 4.69) is 37.8 Å². The van der Waals surface area contributed by atoms with Crippen molar-refractivity contribution < 1.29 is 0 Å².